The van der Waals surface area contributed by atoms with Gasteiger partial charge in [-0.2, -0.15) is 0 Å². The van der Waals surface area contributed by atoms with Gasteiger partial charge >= 0.3 is 11.1 Å². The molecule has 1 amide bonds. The van der Waals surface area contributed by atoms with Crippen molar-refractivity contribution in [3.05, 3.63) is 115 Å². The van der Waals surface area contributed by atoms with E-state index in [2.05, 4.69) is 21.2 Å². The second-order valence-electron chi connectivity index (χ2n) is 7.44. The van der Waals surface area contributed by atoms with Crippen LogP contribution in [-0.2, 0) is 19.6 Å². The molecule has 0 saturated carbocycles. The van der Waals surface area contributed by atoms with Crippen LogP contribution >= 0.6 is 15.9 Å². The first-order valence-corrected chi connectivity index (χ1v) is 11.1. The molecule has 0 aliphatic rings. The molecular formula is C25H22BrN3O3. The summed E-state index contributed by atoms with van der Waals surface area (Å²) < 4.78 is 3.95. The maximum absolute atomic E-state index is 12.7. The van der Waals surface area contributed by atoms with Crippen molar-refractivity contribution < 1.29 is 4.79 Å². The molecule has 6 nitrogen and oxygen atoms in total. The molecule has 4 rings (SSSR count). The van der Waals surface area contributed by atoms with Gasteiger partial charge in [0.2, 0.25) is 0 Å². The number of carbonyl (C=O) groups is 1. The third-order valence-electron chi connectivity index (χ3n) is 5.35. The van der Waals surface area contributed by atoms with Crippen LogP contribution in [0, 0.1) is 0 Å². The molecule has 7 heteroatoms. The molecule has 1 aromatic heterocycles. The van der Waals surface area contributed by atoms with Crippen LogP contribution in [0.4, 0.5) is 0 Å². The molecule has 0 spiro atoms. The summed E-state index contributed by atoms with van der Waals surface area (Å²) in [4.78, 5) is 37.8. The zero-order chi connectivity index (χ0) is 22.7. The fraction of sp³-hybridized carbons (Fsp3) is 0.160. The molecule has 1 heterocycles. The Hall–Kier alpha value is -3.45. The van der Waals surface area contributed by atoms with Gasteiger partial charge < -0.3 is 9.88 Å². The van der Waals surface area contributed by atoms with E-state index in [1.165, 1.54) is 9.13 Å². The molecule has 0 bridgehead atoms. The average Bonchev–Trinajstić information content (AvgIpc) is 2.81. The molecule has 3 aromatic carbocycles. The van der Waals surface area contributed by atoms with E-state index in [1.54, 1.807) is 24.3 Å². The topological polar surface area (TPSA) is 73.1 Å². The number of carbonyl (C=O) groups excluding carboxylic acids is 1. The van der Waals surface area contributed by atoms with Crippen LogP contribution in [0.25, 0.3) is 11.0 Å². The SMILES string of the molecule is CCn1c(=O)c(=O)n(Cc2ccc(C(=O)NCc3cccc(Br)c3)cc2)c2ccccc21. The summed E-state index contributed by atoms with van der Waals surface area (Å²) in [5.41, 5.74) is 2.70. The average molecular weight is 492 g/mol. The van der Waals surface area contributed by atoms with Crippen molar-refractivity contribution in [1.29, 1.82) is 0 Å². The first-order valence-electron chi connectivity index (χ1n) is 10.3. The molecule has 0 atom stereocenters. The summed E-state index contributed by atoms with van der Waals surface area (Å²) in [6, 6.07) is 22.2. The van der Waals surface area contributed by atoms with E-state index in [0.29, 0.717) is 24.2 Å². The molecular weight excluding hydrogens is 470 g/mol. The standard InChI is InChI=1S/C25H22BrN3O3/c1-2-28-21-8-3-4-9-22(21)29(25(32)24(28)31)16-17-10-12-19(13-11-17)23(30)27-15-18-6-5-7-20(26)14-18/h3-14H,2,15-16H2,1H3,(H,27,30). The number of benzene rings is 3. The van der Waals surface area contributed by atoms with E-state index < -0.39 is 11.1 Å². The highest BCUT2D eigenvalue weighted by Gasteiger charge is 2.13. The maximum Gasteiger partial charge on any atom is 0.317 e. The van der Waals surface area contributed by atoms with Crippen molar-refractivity contribution >= 4 is 32.9 Å². The third kappa shape index (κ3) is 4.43. The molecule has 4 aromatic rings. The first-order chi connectivity index (χ1) is 15.5. The molecule has 1 N–H and O–H groups in total. The summed E-state index contributed by atoms with van der Waals surface area (Å²) in [5.74, 6) is -0.176. The number of para-hydroxylation sites is 2. The van der Waals surface area contributed by atoms with Crippen molar-refractivity contribution in [2.75, 3.05) is 0 Å². The van der Waals surface area contributed by atoms with Crippen LogP contribution in [-0.4, -0.2) is 15.0 Å². The van der Waals surface area contributed by atoms with Gasteiger partial charge in [0, 0.05) is 23.1 Å². The first kappa shape index (κ1) is 21.8. The summed E-state index contributed by atoms with van der Waals surface area (Å²) in [6.45, 7) is 2.95. The summed E-state index contributed by atoms with van der Waals surface area (Å²) in [6.07, 6.45) is 0. The Balaban J connectivity index is 1.55. The summed E-state index contributed by atoms with van der Waals surface area (Å²) >= 11 is 3.42. The predicted octanol–water partition coefficient (Wildman–Crippen LogP) is 3.92. The highest BCUT2D eigenvalue weighted by Crippen LogP contribution is 2.14. The number of nitrogens with zero attached hydrogens (tertiary/aromatic N) is 2. The molecule has 162 valence electrons. The molecule has 0 unspecified atom stereocenters. The van der Waals surface area contributed by atoms with Gasteiger partial charge in [0.1, 0.15) is 0 Å². The predicted molar refractivity (Wildman–Crippen MR) is 129 cm³/mol. The molecule has 0 aliphatic heterocycles. The normalized spacial score (nSPS) is 10.9. The van der Waals surface area contributed by atoms with Gasteiger partial charge in [-0.3, -0.25) is 19.0 Å². The third-order valence-corrected chi connectivity index (χ3v) is 5.84. The molecule has 0 aliphatic carbocycles. The lowest BCUT2D eigenvalue weighted by Gasteiger charge is -2.14. The Kier molecular flexibility index (Phi) is 6.37. The lowest BCUT2D eigenvalue weighted by atomic mass is 10.1. The Morgan fingerprint density at radius 3 is 2.16 bits per heavy atom. The van der Waals surface area contributed by atoms with E-state index in [-0.39, 0.29) is 12.5 Å². The fourth-order valence-corrected chi connectivity index (χ4v) is 4.16. The molecule has 32 heavy (non-hydrogen) atoms. The number of rotatable bonds is 6. The second kappa shape index (κ2) is 9.36. The Morgan fingerprint density at radius 2 is 1.50 bits per heavy atom. The quantitative estimate of drug-likeness (QED) is 0.415. The van der Waals surface area contributed by atoms with E-state index >= 15 is 0 Å². The monoisotopic (exact) mass is 491 g/mol. The van der Waals surface area contributed by atoms with Gasteiger partial charge in [0.05, 0.1) is 17.6 Å². The zero-order valence-electron chi connectivity index (χ0n) is 17.5. The van der Waals surface area contributed by atoms with Crippen molar-refractivity contribution in [3.63, 3.8) is 0 Å². The second-order valence-corrected chi connectivity index (χ2v) is 8.35. The van der Waals surface area contributed by atoms with Gasteiger partial charge in [-0.1, -0.05) is 52.3 Å². The number of hydrogen-bond donors (Lipinski definition) is 1. The van der Waals surface area contributed by atoms with Gasteiger partial charge in [0.15, 0.2) is 0 Å². The Bertz CT molecular complexity index is 1400. The lowest BCUT2D eigenvalue weighted by Crippen LogP contribution is -2.41. The van der Waals surface area contributed by atoms with Crippen LogP contribution in [0.3, 0.4) is 0 Å². The zero-order valence-corrected chi connectivity index (χ0v) is 19.1. The summed E-state index contributed by atoms with van der Waals surface area (Å²) in [5, 5.41) is 2.91. The van der Waals surface area contributed by atoms with Crippen LogP contribution in [0.5, 0.6) is 0 Å². The van der Waals surface area contributed by atoms with Crippen molar-refractivity contribution in [3.8, 4) is 0 Å². The van der Waals surface area contributed by atoms with E-state index in [9.17, 15) is 14.4 Å². The van der Waals surface area contributed by atoms with E-state index in [0.717, 1.165) is 21.1 Å². The molecule has 0 fully saturated rings. The maximum atomic E-state index is 12.7. The number of aromatic nitrogens is 2. The van der Waals surface area contributed by atoms with Crippen molar-refractivity contribution in [1.82, 2.24) is 14.5 Å². The van der Waals surface area contributed by atoms with Crippen LogP contribution in [0.15, 0.2) is 86.9 Å². The minimum absolute atomic E-state index is 0.176. The van der Waals surface area contributed by atoms with E-state index in [1.807, 2.05) is 55.5 Å². The minimum atomic E-state index is -0.554. The summed E-state index contributed by atoms with van der Waals surface area (Å²) in [7, 11) is 0. The van der Waals surface area contributed by atoms with Gasteiger partial charge in [-0.05, 0) is 54.4 Å². The number of nitrogens with one attached hydrogen (secondary N) is 1. The lowest BCUT2D eigenvalue weighted by molar-refractivity contribution is 0.0951. The Morgan fingerprint density at radius 1 is 0.844 bits per heavy atom. The number of hydrogen-bond acceptors (Lipinski definition) is 3. The fourth-order valence-electron chi connectivity index (χ4n) is 3.72. The number of aryl methyl sites for hydroxylation is 1. The van der Waals surface area contributed by atoms with Gasteiger partial charge in [-0.25, -0.2) is 0 Å². The number of fused-ring (bicyclic) bond motifs is 1. The highest BCUT2D eigenvalue weighted by atomic mass is 79.9. The van der Waals surface area contributed by atoms with Crippen LogP contribution < -0.4 is 16.4 Å². The van der Waals surface area contributed by atoms with Crippen molar-refractivity contribution in [2.24, 2.45) is 0 Å². The van der Waals surface area contributed by atoms with Gasteiger partial charge in [0.25, 0.3) is 5.91 Å². The molecule has 0 saturated heterocycles. The molecule has 0 radical (unpaired) electrons. The Labute approximate surface area is 193 Å². The largest absolute Gasteiger partial charge is 0.348 e. The number of amides is 1. The van der Waals surface area contributed by atoms with E-state index in [4.69, 9.17) is 0 Å². The smallest absolute Gasteiger partial charge is 0.317 e. The minimum Gasteiger partial charge on any atom is -0.348 e. The highest BCUT2D eigenvalue weighted by molar-refractivity contribution is 9.10. The van der Waals surface area contributed by atoms with Crippen LogP contribution in [0.2, 0.25) is 0 Å². The van der Waals surface area contributed by atoms with Crippen LogP contribution in [0.1, 0.15) is 28.4 Å². The van der Waals surface area contributed by atoms with Crippen molar-refractivity contribution in [2.45, 2.75) is 26.6 Å². The van der Waals surface area contributed by atoms with Gasteiger partial charge in [-0.15, -0.1) is 0 Å². The number of halogens is 1.